The molecule has 0 spiro atoms. The molecule has 3 aromatic heterocycles. The molecule has 7 nitrogen and oxygen atoms in total. The summed E-state index contributed by atoms with van der Waals surface area (Å²) in [5.41, 5.74) is 2.73. The summed E-state index contributed by atoms with van der Waals surface area (Å²) in [6.07, 6.45) is 9.52. The molecule has 1 aliphatic carbocycles. The molecule has 1 aliphatic rings. The molecule has 0 bridgehead atoms. The average molecular weight is 338 g/mol. The van der Waals surface area contributed by atoms with Gasteiger partial charge in [0.05, 0.1) is 18.1 Å². The lowest BCUT2D eigenvalue weighted by Gasteiger charge is -2.29. The lowest BCUT2D eigenvalue weighted by molar-refractivity contribution is -0.120. The molecule has 25 heavy (non-hydrogen) atoms. The lowest BCUT2D eigenvalue weighted by Crippen LogP contribution is -2.25. The summed E-state index contributed by atoms with van der Waals surface area (Å²) < 4.78 is 2.25. The highest BCUT2D eigenvalue weighted by Gasteiger charge is 2.26. The number of imidazole rings is 1. The number of carbonyl (C=O) groups excluding carboxylic acids is 1. The van der Waals surface area contributed by atoms with Crippen LogP contribution in [-0.4, -0.2) is 38.7 Å². The van der Waals surface area contributed by atoms with Crippen molar-refractivity contribution in [3.63, 3.8) is 0 Å². The van der Waals surface area contributed by atoms with Crippen LogP contribution in [0.1, 0.15) is 37.5 Å². The zero-order valence-corrected chi connectivity index (χ0v) is 14.2. The summed E-state index contributed by atoms with van der Waals surface area (Å²) in [4.78, 5) is 24.3. The highest BCUT2D eigenvalue weighted by atomic mass is 16.1. The number of hydrogen-bond acceptors (Lipinski definition) is 4. The van der Waals surface area contributed by atoms with E-state index in [0.29, 0.717) is 12.0 Å². The van der Waals surface area contributed by atoms with Gasteiger partial charge in [-0.1, -0.05) is 0 Å². The molecule has 0 aromatic carbocycles. The van der Waals surface area contributed by atoms with Crippen molar-refractivity contribution < 1.29 is 4.79 Å². The van der Waals surface area contributed by atoms with Gasteiger partial charge >= 0.3 is 0 Å². The van der Waals surface area contributed by atoms with E-state index in [-0.39, 0.29) is 12.3 Å². The maximum atomic E-state index is 12.0. The second-order valence-corrected chi connectivity index (χ2v) is 6.72. The van der Waals surface area contributed by atoms with E-state index >= 15 is 0 Å². The third-order valence-corrected chi connectivity index (χ3v) is 5.25. The first-order valence-corrected chi connectivity index (χ1v) is 8.75. The first-order valence-electron chi connectivity index (χ1n) is 8.75. The first-order chi connectivity index (χ1) is 12.2. The quantitative estimate of drug-likeness (QED) is 0.637. The number of carbonyl (C=O) groups is 1. The molecule has 0 atom stereocenters. The second kappa shape index (κ2) is 6.31. The van der Waals surface area contributed by atoms with Crippen LogP contribution in [0.15, 0.2) is 18.5 Å². The summed E-state index contributed by atoms with van der Waals surface area (Å²) in [5.74, 6) is 1.13. The molecule has 3 heterocycles. The predicted molar refractivity (Wildman–Crippen MR) is 96.9 cm³/mol. The molecule has 1 amide bonds. The predicted octanol–water partition coefficient (Wildman–Crippen LogP) is 2.58. The molecule has 4 rings (SSSR count). The number of aromatic nitrogens is 4. The zero-order chi connectivity index (χ0) is 17.4. The Morgan fingerprint density at radius 3 is 2.96 bits per heavy atom. The number of likely N-dealkylation sites (N-methyl/N-ethyl adjacent to an activating group) is 1. The summed E-state index contributed by atoms with van der Waals surface area (Å²) >= 11 is 0. The minimum absolute atomic E-state index is 0.0389. The number of hydrogen-bond donors (Lipinski definition) is 3. The molecule has 0 radical (unpaired) electrons. The fraction of sp³-hybridized carbons (Fsp3) is 0.444. The van der Waals surface area contributed by atoms with Gasteiger partial charge in [-0.3, -0.25) is 4.79 Å². The number of H-pyrrole nitrogens is 1. The van der Waals surface area contributed by atoms with E-state index in [4.69, 9.17) is 10.4 Å². The average Bonchev–Trinajstić information content (AvgIpc) is 3.25. The largest absolute Gasteiger partial charge is 0.359 e. The first kappa shape index (κ1) is 15.8. The Morgan fingerprint density at radius 1 is 1.44 bits per heavy atom. The fourth-order valence-electron chi connectivity index (χ4n) is 3.92. The van der Waals surface area contributed by atoms with E-state index in [2.05, 4.69) is 19.9 Å². The van der Waals surface area contributed by atoms with Gasteiger partial charge in [0.1, 0.15) is 17.0 Å². The van der Waals surface area contributed by atoms with Crippen molar-refractivity contribution in [3.05, 3.63) is 24.3 Å². The van der Waals surface area contributed by atoms with Gasteiger partial charge in [-0.15, -0.1) is 0 Å². The third kappa shape index (κ3) is 2.69. The van der Waals surface area contributed by atoms with Gasteiger partial charge in [0, 0.05) is 24.7 Å². The summed E-state index contributed by atoms with van der Waals surface area (Å²) in [6.45, 7) is 0. The smallest absolute Gasteiger partial charge is 0.227 e. The summed E-state index contributed by atoms with van der Waals surface area (Å²) in [5, 5.41) is 11.2. The van der Waals surface area contributed by atoms with E-state index in [0.717, 1.165) is 53.6 Å². The van der Waals surface area contributed by atoms with Crippen molar-refractivity contribution in [1.29, 1.82) is 5.41 Å². The minimum atomic E-state index is -0.0389. The molecule has 130 valence electrons. The zero-order valence-electron chi connectivity index (χ0n) is 14.2. The molecule has 7 heteroatoms. The topological polar surface area (TPSA) is 99.4 Å². The molecule has 3 N–H and O–H groups in total. The number of nitrogens with zero attached hydrogens (tertiary/aromatic N) is 3. The molecule has 1 fully saturated rings. The maximum Gasteiger partial charge on any atom is 0.227 e. The van der Waals surface area contributed by atoms with E-state index < -0.39 is 0 Å². The van der Waals surface area contributed by atoms with Crippen LogP contribution < -0.4 is 5.32 Å². The minimum Gasteiger partial charge on any atom is -0.359 e. The number of rotatable bonds is 4. The molecule has 0 aliphatic heterocycles. The van der Waals surface area contributed by atoms with Crippen LogP contribution in [0.4, 0.5) is 0 Å². The van der Waals surface area contributed by atoms with E-state index in [9.17, 15) is 4.79 Å². The van der Waals surface area contributed by atoms with Crippen molar-refractivity contribution in [3.8, 4) is 0 Å². The number of amides is 1. The van der Waals surface area contributed by atoms with Gasteiger partial charge in [-0.2, -0.15) is 0 Å². The summed E-state index contributed by atoms with van der Waals surface area (Å²) in [6, 6.07) is 2.33. The lowest BCUT2D eigenvalue weighted by atomic mass is 9.86. The number of aromatic amines is 1. The number of fused-ring (bicyclic) bond motifs is 3. The molecular weight excluding hydrogens is 316 g/mol. The van der Waals surface area contributed by atoms with Crippen molar-refractivity contribution in [2.75, 3.05) is 7.05 Å². The Bertz CT molecular complexity index is 932. The Labute approximate surface area is 145 Å². The highest BCUT2D eigenvalue weighted by Crippen LogP contribution is 2.36. The van der Waals surface area contributed by atoms with Crippen LogP contribution in [-0.2, 0) is 11.2 Å². The molecule has 1 saturated carbocycles. The molecule has 0 saturated heterocycles. The van der Waals surface area contributed by atoms with Gasteiger partial charge < -0.3 is 20.3 Å². The van der Waals surface area contributed by atoms with Crippen LogP contribution in [0.3, 0.4) is 0 Å². The van der Waals surface area contributed by atoms with Crippen LogP contribution in [0.2, 0.25) is 0 Å². The number of pyridine rings is 1. The van der Waals surface area contributed by atoms with Crippen molar-refractivity contribution >= 4 is 34.2 Å². The van der Waals surface area contributed by atoms with Crippen molar-refractivity contribution in [1.82, 2.24) is 24.8 Å². The van der Waals surface area contributed by atoms with Gasteiger partial charge in [0.15, 0.2) is 0 Å². The fourth-order valence-corrected chi connectivity index (χ4v) is 3.92. The van der Waals surface area contributed by atoms with E-state index in [1.807, 2.05) is 12.3 Å². The molecule has 3 aromatic rings. The third-order valence-electron chi connectivity index (χ3n) is 5.25. The van der Waals surface area contributed by atoms with Crippen LogP contribution >= 0.6 is 0 Å². The summed E-state index contributed by atoms with van der Waals surface area (Å²) in [7, 11) is 1.65. The Hall–Kier alpha value is -2.70. The highest BCUT2D eigenvalue weighted by molar-refractivity contribution is 6.01. The normalized spacial score (nSPS) is 20.8. The van der Waals surface area contributed by atoms with Crippen molar-refractivity contribution in [2.24, 2.45) is 5.92 Å². The van der Waals surface area contributed by atoms with Crippen LogP contribution in [0, 0.1) is 11.3 Å². The van der Waals surface area contributed by atoms with Crippen LogP contribution in [0.25, 0.3) is 22.1 Å². The van der Waals surface area contributed by atoms with E-state index in [1.54, 1.807) is 19.5 Å². The molecular formula is C18H22N6O. The van der Waals surface area contributed by atoms with Gasteiger partial charge in [-0.25, -0.2) is 9.97 Å². The monoisotopic (exact) mass is 338 g/mol. The van der Waals surface area contributed by atoms with Gasteiger partial charge in [-0.05, 0) is 43.9 Å². The Morgan fingerprint density at radius 2 is 2.24 bits per heavy atom. The maximum absolute atomic E-state index is 12.0. The van der Waals surface area contributed by atoms with E-state index in [1.165, 1.54) is 0 Å². The SMILES string of the molecule is CNC(=O)Cc1nc2cnc3[nH]ccc3c2n1C1CCC(C=N)CC1. The second-order valence-electron chi connectivity index (χ2n) is 6.72. The van der Waals surface area contributed by atoms with Crippen molar-refractivity contribution in [2.45, 2.75) is 38.1 Å². The Kier molecular flexibility index (Phi) is 3.99. The molecule has 0 unspecified atom stereocenters. The van der Waals surface area contributed by atoms with Gasteiger partial charge in [0.2, 0.25) is 5.91 Å². The Balaban J connectivity index is 1.85. The van der Waals surface area contributed by atoms with Gasteiger partial charge in [0.25, 0.3) is 0 Å². The standard InChI is InChI=1S/C18H22N6O/c1-20-16(25)8-15-23-14-10-22-18-13(6-7-21-18)17(14)24(15)12-4-2-11(9-19)3-5-12/h6-7,9-12,19H,2-5,8H2,1H3,(H,20,25)(H,21,22). The number of nitrogens with one attached hydrogen (secondary N) is 3. The van der Waals surface area contributed by atoms with Crippen LogP contribution in [0.5, 0.6) is 0 Å².